The van der Waals surface area contributed by atoms with E-state index in [0.717, 1.165) is 38.4 Å². The first-order chi connectivity index (χ1) is 8.58. The molecule has 1 atom stereocenters. The number of carboxylic acids is 1. The van der Waals surface area contributed by atoms with E-state index in [1.807, 2.05) is 6.92 Å². The van der Waals surface area contributed by atoms with Gasteiger partial charge in [0, 0.05) is 6.54 Å². The Labute approximate surface area is 110 Å². The van der Waals surface area contributed by atoms with E-state index in [9.17, 15) is 9.90 Å². The average Bonchev–Trinajstić information content (AvgIpc) is 3.15. The molecular formula is C14H26N2O2. The molecule has 0 aromatic rings. The fourth-order valence-electron chi connectivity index (χ4n) is 3.11. The summed E-state index contributed by atoms with van der Waals surface area (Å²) in [7, 11) is 0. The van der Waals surface area contributed by atoms with Crippen LogP contribution in [0.3, 0.4) is 0 Å². The summed E-state index contributed by atoms with van der Waals surface area (Å²) >= 11 is 0. The summed E-state index contributed by atoms with van der Waals surface area (Å²) in [5, 5.41) is 12.9. The highest BCUT2D eigenvalue weighted by Gasteiger charge is 2.51. The van der Waals surface area contributed by atoms with E-state index in [1.54, 1.807) is 0 Å². The lowest BCUT2D eigenvalue weighted by molar-refractivity contribution is -0.147. The van der Waals surface area contributed by atoms with Gasteiger partial charge in [0.15, 0.2) is 0 Å². The van der Waals surface area contributed by atoms with Crippen LogP contribution in [0.5, 0.6) is 0 Å². The lowest BCUT2D eigenvalue weighted by Crippen LogP contribution is -2.61. The molecule has 1 saturated heterocycles. The van der Waals surface area contributed by atoms with Gasteiger partial charge in [0.2, 0.25) is 0 Å². The second kappa shape index (κ2) is 5.57. The predicted octanol–water partition coefficient (Wildman–Crippen LogP) is 1.56. The molecule has 1 heterocycles. The highest BCUT2D eigenvalue weighted by Crippen LogP contribution is 2.40. The number of carboxylic acid groups (broad SMARTS) is 1. The lowest BCUT2D eigenvalue weighted by Gasteiger charge is -2.39. The van der Waals surface area contributed by atoms with E-state index < -0.39 is 11.5 Å². The van der Waals surface area contributed by atoms with Crippen LogP contribution in [0, 0.1) is 11.8 Å². The van der Waals surface area contributed by atoms with Crippen molar-refractivity contribution in [2.45, 2.75) is 45.1 Å². The van der Waals surface area contributed by atoms with Crippen LogP contribution < -0.4 is 5.32 Å². The van der Waals surface area contributed by atoms with Crippen molar-refractivity contribution in [1.82, 2.24) is 10.2 Å². The van der Waals surface area contributed by atoms with Crippen molar-refractivity contribution >= 4 is 5.97 Å². The smallest absolute Gasteiger partial charge is 0.325 e. The van der Waals surface area contributed by atoms with Crippen molar-refractivity contribution in [2.75, 3.05) is 26.2 Å². The Morgan fingerprint density at radius 1 is 1.33 bits per heavy atom. The molecule has 2 N–H and O–H groups in total. The number of hydrogen-bond acceptors (Lipinski definition) is 3. The van der Waals surface area contributed by atoms with Gasteiger partial charge in [-0.25, -0.2) is 0 Å². The van der Waals surface area contributed by atoms with Crippen molar-refractivity contribution < 1.29 is 9.90 Å². The summed E-state index contributed by atoms with van der Waals surface area (Å²) in [6.07, 6.45) is 4.52. The number of nitrogens with zero attached hydrogens (tertiary/aromatic N) is 1. The Morgan fingerprint density at radius 2 is 1.94 bits per heavy atom. The van der Waals surface area contributed by atoms with Gasteiger partial charge in [0.25, 0.3) is 0 Å². The van der Waals surface area contributed by atoms with Crippen LogP contribution in [-0.4, -0.2) is 47.7 Å². The normalized spacial score (nSPS) is 25.9. The van der Waals surface area contributed by atoms with Crippen molar-refractivity contribution in [3.05, 3.63) is 0 Å². The Balaban J connectivity index is 2.02. The highest BCUT2D eigenvalue weighted by atomic mass is 16.4. The largest absolute Gasteiger partial charge is 0.480 e. The van der Waals surface area contributed by atoms with Crippen molar-refractivity contribution in [1.29, 1.82) is 0 Å². The van der Waals surface area contributed by atoms with Crippen LogP contribution in [0.15, 0.2) is 0 Å². The summed E-state index contributed by atoms with van der Waals surface area (Å²) in [5.41, 5.74) is -0.699. The van der Waals surface area contributed by atoms with Gasteiger partial charge in [-0.15, -0.1) is 0 Å². The zero-order chi connectivity index (χ0) is 13.2. The van der Waals surface area contributed by atoms with Gasteiger partial charge in [-0.05, 0) is 57.2 Å². The first-order valence-electron chi connectivity index (χ1n) is 7.29. The summed E-state index contributed by atoms with van der Waals surface area (Å²) in [6, 6.07) is 0. The van der Waals surface area contributed by atoms with Gasteiger partial charge >= 0.3 is 5.97 Å². The molecule has 1 unspecified atom stereocenters. The summed E-state index contributed by atoms with van der Waals surface area (Å²) < 4.78 is 0. The quantitative estimate of drug-likeness (QED) is 0.755. The van der Waals surface area contributed by atoms with E-state index in [0.29, 0.717) is 12.5 Å². The number of rotatable bonds is 6. The SMILES string of the molecule is CCNC(CN1CCC(C)CC1)(C(=O)O)C1CC1. The maximum atomic E-state index is 11.7. The van der Waals surface area contributed by atoms with Gasteiger partial charge in [-0.3, -0.25) is 4.79 Å². The zero-order valence-electron chi connectivity index (χ0n) is 11.6. The summed E-state index contributed by atoms with van der Waals surface area (Å²) in [6.45, 7) is 7.79. The molecule has 18 heavy (non-hydrogen) atoms. The Bertz CT molecular complexity index is 296. The minimum absolute atomic E-state index is 0.328. The molecule has 0 spiro atoms. The molecular weight excluding hydrogens is 228 g/mol. The Kier molecular flexibility index (Phi) is 4.28. The van der Waals surface area contributed by atoms with E-state index in [4.69, 9.17) is 0 Å². The third kappa shape index (κ3) is 2.86. The van der Waals surface area contributed by atoms with Gasteiger partial charge in [-0.2, -0.15) is 0 Å². The maximum absolute atomic E-state index is 11.7. The third-order valence-corrected chi connectivity index (χ3v) is 4.50. The molecule has 1 aliphatic carbocycles. The molecule has 2 aliphatic rings. The molecule has 0 aromatic carbocycles. The molecule has 2 fully saturated rings. The monoisotopic (exact) mass is 254 g/mol. The highest BCUT2D eigenvalue weighted by molar-refractivity contribution is 5.80. The van der Waals surface area contributed by atoms with E-state index in [-0.39, 0.29) is 0 Å². The van der Waals surface area contributed by atoms with Crippen LogP contribution in [0.4, 0.5) is 0 Å². The molecule has 2 rings (SSSR count). The van der Waals surface area contributed by atoms with Gasteiger partial charge in [-0.1, -0.05) is 13.8 Å². The molecule has 0 radical (unpaired) electrons. The Hall–Kier alpha value is -0.610. The fraction of sp³-hybridized carbons (Fsp3) is 0.929. The standard InChI is InChI=1S/C14H26N2O2/c1-3-15-14(13(17)18,12-4-5-12)10-16-8-6-11(2)7-9-16/h11-12,15H,3-10H2,1-2H3,(H,17,18). The molecule has 4 nitrogen and oxygen atoms in total. The van der Waals surface area contributed by atoms with Crippen molar-refractivity contribution in [3.8, 4) is 0 Å². The zero-order valence-corrected chi connectivity index (χ0v) is 11.6. The van der Waals surface area contributed by atoms with E-state index >= 15 is 0 Å². The number of piperidine rings is 1. The molecule has 104 valence electrons. The van der Waals surface area contributed by atoms with E-state index in [2.05, 4.69) is 17.1 Å². The molecule has 0 aromatic heterocycles. The van der Waals surface area contributed by atoms with Gasteiger partial charge < -0.3 is 15.3 Å². The second-order valence-electron chi connectivity index (χ2n) is 6.04. The number of likely N-dealkylation sites (N-methyl/N-ethyl adjacent to an activating group) is 1. The number of hydrogen-bond donors (Lipinski definition) is 2. The van der Waals surface area contributed by atoms with Gasteiger partial charge in [0.05, 0.1) is 0 Å². The van der Waals surface area contributed by atoms with Crippen LogP contribution in [0.25, 0.3) is 0 Å². The molecule has 0 bridgehead atoms. The predicted molar refractivity (Wildman–Crippen MR) is 71.6 cm³/mol. The topological polar surface area (TPSA) is 52.6 Å². The van der Waals surface area contributed by atoms with Crippen LogP contribution in [0.2, 0.25) is 0 Å². The van der Waals surface area contributed by atoms with Crippen molar-refractivity contribution in [2.24, 2.45) is 11.8 Å². The average molecular weight is 254 g/mol. The molecule has 0 amide bonds. The summed E-state index contributed by atoms with van der Waals surface area (Å²) in [5.74, 6) is 0.459. The van der Waals surface area contributed by atoms with Crippen LogP contribution in [-0.2, 0) is 4.79 Å². The number of carbonyl (C=O) groups is 1. The molecule has 4 heteroatoms. The van der Waals surface area contributed by atoms with Crippen LogP contribution in [0.1, 0.15) is 39.5 Å². The number of likely N-dealkylation sites (tertiary alicyclic amines) is 1. The third-order valence-electron chi connectivity index (χ3n) is 4.50. The van der Waals surface area contributed by atoms with Gasteiger partial charge in [0.1, 0.15) is 5.54 Å². The maximum Gasteiger partial charge on any atom is 0.325 e. The second-order valence-corrected chi connectivity index (χ2v) is 6.04. The Morgan fingerprint density at radius 3 is 2.39 bits per heavy atom. The number of nitrogens with one attached hydrogen (secondary N) is 1. The van der Waals surface area contributed by atoms with Crippen LogP contribution >= 0.6 is 0 Å². The number of aliphatic carboxylic acids is 1. The summed E-state index contributed by atoms with van der Waals surface area (Å²) in [4.78, 5) is 14.1. The van der Waals surface area contributed by atoms with E-state index in [1.165, 1.54) is 12.8 Å². The molecule has 1 aliphatic heterocycles. The fourth-order valence-corrected chi connectivity index (χ4v) is 3.11. The first-order valence-corrected chi connectivity index (χ1v) is 7.29. The minimum atomic E-state index is -0.699. The first kappa shape index (κ1) is 13.8. The minimum Gasteiger partial charge on any atom is -0.480 e. The van der Waals surface area contributed by atoms with Crippen molar-refractivity contribution in [3.63, 3.8) is 0 Å². The molecule has 1 saturated carbocycles. The lowest BCUT2D eigenvalue weighted by atomic mass is 9.90.